The van der Waals surface area contributed by atoms with Gasteiger partial charge in [0.05, 0.1) is 11.8 Å². The Bertz CT molecular complexity index is 565. The highest BCUT2D eigenvalue weighted by molar-refractivity contribution is 5.91. The molecule has 0 radical (unpaired) electrons. The van der Waals surface area contributed by atoms with Crippen LogP contribution in [0.2, 0.25) is 0 Å². The zero-order chi connectivity index (χ0) is 17.0. The fraction of sp³-hybridized carbons (Fsp3) is 0.500. The summed E-state index contributed by atoms with van der Waals surface area (Å²) < 4.78 is 54.4. The molecule has 9 heteroatoms. The molecule has 5 nitrogen and oxygen atoms in total. The summed E-state index contributed by atoms with van der Waals surface area (Å²) in [4.78, 5) is 13.4. The SMILES string of the molecule is O=C(Nc1ccc(F)cc1OCC(F)(F)F)N1CCCC(O)C1. The van der Waals surface area contributed by atoms with E-state index >= 15 is 0 Å². The molecular weight excluding hydrogens is 320 g/mol. The first-order valence-electron chi connectivity index (χ1n) is 6.98. The standard InChI is InChI=1S/C14H16F4N2O3/c15-9-3-4-11(12(6-9)23-8-14(16,17)18)19-13(22)20-5-1-2-10(21)7-20/h3-4,6,10,21H,1-2,5,7-8H2,(H,19,22). The lowest BCUT2D eigenvalue weighted by Gasteiger charge is -2.30. The number of halogens is 4. The Labute approximate surface area is 129 Å². The molecule has 1 atom stereocenters. The molecule has 0 aromatic heterocycles. The van der Waals surface area contributed by atoms with E-state index in [4.69, 9.17) is 0 Å². The second kappa shape index (κ2) is 7.03. The third-order valence-electron chi connectivity index (χ3n) is 3.26. The van der Waals surface area contributed by atoms with Crippen LogP contribution in [0.15, 0.2) is 18.2 Å². The van der Waals surface area contributed by atoms with Crippen molar-refractivity contribution in [3.63, 3.8) is 0 Å². The molecule has 1 heterocycles. The third-order valence-corrected chi connectivity index (χ3v) is 3.26. The van der Waals surface area contributed by atoms with Crippen LogP contribution in [0.3, 0.4) is 0 Å². The van der Waals surface area contributed by atoms with E-state index < -0.39 is 36.5 Å². The summed E-state index contributed by atoms with van der Waals surface area (Å²) in [5, 5.41) is 11.9. The van der Waals surface area contributed by atoms with E-state index in [0.29, 0.717) is 19.4 Å². The minimum atomic E-state index is -4.58. The van der Waals surface area contributed by atoms with Crippen molar-refractivity contribution in [3.05, 3.63) is 24.0 Å². The summed E-state index contributed by atoms with van der Waals surface area (Å²) in [7, 11) is 0. The molecule has 2 rings (SSSR count). The predicted octanol–water partition coefficient (Wildman–Crippen LogP) is 2.76. The second-order valence-corrected chi connectivity index (χ2v) is 5.22. The van der Waals surface area contributed by atoms with Crippen LogP contribution in [0.25, 0.3) is 0 Å². The van der Waals surface area contributed by atoms with Crippen molar-refractivity contribution >= 4 is 11.7 Å². The van der Waals surface area contributed by atoms with Gasteiger partial charge in [0, 0.05) is 19.2 Å². The van der Waals surface area contributed by atoms with Gasteiger partial charge in [-0.2, -0.15) is 13.2 Å². The first-order valence-corrected chi connectivity index (χ1v) is 6.98. The van der Waals surface area contributed by atoms with Crippen molar-refractivity contribution in [3.8, 4) is 5.75 Å². The summed E-state index contributed by atoms with van der Waals surface area (Å²) in [5.74, 6) is -1.19. The van der Waals surface area contributed by atoms with Gasteiger partial charge in [-0.05, 0) is 25.0 Å². The lowest BCUT2D eigenvalue weighted by molar-refractivity contribution is -0.153. The van der Waals surface area contributed by atoms with Gasteiger partial charge in [0.15, 0.2) is 6.61 Å². The van der Waals surface area contributed by atoms with Crippen molar-refractivity contribution in [2.45, 2.75) is 25.1 Å². The van der Waals surface area contributed by atoms with Gasteiger partial charge in [-0.15, -0.1) is 0 Å². The molecule has 1 unspecified atom stereocenters. The van der Waals surface area contributed by atoms with Gasteiger partial charge >= 0.3 is 12.2 Å². The number of amides is 2. The minimum Gasteiger partial charge on any atom is -0.482 e. The average molecular weight is 336 g/mol. The monoisotopic (exact) mass is 336 g/mol. The Morgan fingerprint density at radius 3 is 2.83 bits per heavy atom. The van der Waals surface area contributed by atoms with E-state index in [-0.39, 0.29) is 12.2 Å². The van der Waals surface area contributed by atoms with Crippen LogP contribution in [0.1, 0.15) is 12.8 Å². The quantitative estimate of drug-likeness (QED) is 0.835. The molecule has 2 amide bonds. The second-order valence-electron chi connectivity index (χ2n) is 5.22. The van der Waals surface area contributed by atoms with Gasteiger partial charge in [-0.1, -0.05) is 0 Å². The normalized spacial score (nSPS) is 18.7. The number of benzene rings is 1. The topological polar surface area (TPSA) is 61.8 Å². The number of hydrogen-bond donors (Lipinski definition) is 2. The van der Waals surface area contributed by atoms with Gasteiger partial charge in [0.1, 0.15) is 11.6 Å². The molecule has 1 fully saturated rings. The summed E-state index contributed by atoms with van der Waals surface area (Å²) in [6, 6.07) is 2.31. The van der Waals surface area contributed by atoms with Gasteiger partial charge in [-0.25, -0.2) is 9.18 Å². The van der Waals surface area contributed by atoms with E-state index in [9.17, 15) is 27.5 Å². The number of anilines is 1. The number of carbonyl (C=O) groups excluding carboxylic acids is 1. The number of likely N-dealkylation sites (tertiary alicyclic amines) is 1. The molecule has 1 aromatic carbocycles. The molecule has 0 bridgehead atoms. The molecule has 1 saturated heterocycles. The molecule has 1 aliphatic heterocycles. The van der Waals surface area contributed by atoms with Gasteiger partial charge in [-0.3, -0.25) is 0 Å². The smallest absolute Gasteiger partial charge is 0.422 e. The number of aliphatic hydroxyl groups excluding tert-OH is 1. The number of piperidine rings is 1. The number of urea groups is 1. The molecule has 128 valence electrons. The number of carbonyl (C=O) groups is 1. The van der Waals surface area contributed by atoms with E-state index in [1.807, 2.05) is 0 Å². The largest absolute Gasteiger partial charge is 0.482 e. The molecule has 1 aromatic rings. The number of β-amino-alcohol motifs (C(OH)–C–C–N with tert-alkyl or cyclic N) is 1. The van der Waals surface area contributed by atoms with Crippen LogP contribution >= 0.6 is 0 Å². The Morgan fingerprint density at radius 2 is 2.17 bits per heavy atom. The summed E-state index contributed by atoms with van der Waals surface area (Å²) in [6.45, 7) is -1.05. The van der Waals surface area contributed by atoms with Crippen LogP contribution in [-0.4, -0.2) is 48.0 Å². The maximum absolute atomic E-state index is 13.2. The van der Waals surface area contributed by atoms with Crippen molar-refractivity contribution in [2.75, 3.05) is 25.0 Å². The van der Waals surface area contributed by atoms with Crippen molar-refractivity contribution < 1.29 is 32.2 Å². The van der Waals surface area contributed by atoms with Crippen LogP contribution in [-0.2, 0) is 0 Å². The first kappa shape index (κ1) is 17.3. The molecule has 0 aliphatic carbocycles. The Hall–Kier alpha value is -2.03. The number of hydrogen-bond acceptors (Lipinski definition) is 3. The highest BCUT2D eigenvalue weighted by Gasteiger charge is 2.29. The summed E-state index contributed by atoms with van der Waals surface area (Å²) in [5.41, 5.74) is -0.0688. The Balaban J connectivity index is 2.07. The van der Waals surface area contributed by atoms with Gasteiger partial charge in [0.25, 0.3) is 0 Å². The number of alkyl halides is 3. The van der Waals surface area contributed by atoms with Gasteiger partial charge < -0.3 is 20.1 Å². The van der Waals surface area contributed by atoms with Crippen molar-refractivity contribution in [1.29, 1.82) is 0 Å². The molecule has 2 N–H and O–H groups in total. The van der Waals surface area contributed by atoms with E-state index in [1.54, 1.807) is 0 Å². The van der Waals surface area contributed by atoms with Crippen LogP contribution < -0.4 is 10.1 Å². The molecule has 0 spiro atoms. The molecular formula is C14H16F4N2O3. The highest BCUT2D eigenvalue weighted by atomic mass is 19.4. The Morgan fingerprint density at radius 1 is 1.43 bits per heavy atom. The number of nitrogens with zero attached hydrogens (tertiary/aromatic N) is 1. The van der Waals surface area contributed by atoms with Crippen LogP contribution in [0.4, 0.5) is 28.0 Å². The first-order chi connectivity index (χ1) is 10.7. The van der Waals surface area contributed by atoms with Gasteiger partial charge in [0.2, 0.25) is 0 Å². The molecule has 1 aliphatic rings. The predicted molar refractivity (Wildman–Crippen MR) is 73.8 cm³/mol. The molecule has 23 heavy (non-hydrogen) atoms. The van der Waals surface area contributed by atoms with Crippen LogP contribution in [0, 0.1) is 5.82 Å². The van der Waals surface area contributed by atoms with Crippen molar-refractivity contribution in [1.82, 2.24) is 4.90 Å². The third kappa shape index (κ3) is 5.27. The fourth-order valence-electron chi connectivity index (χ4n) is 2.21. The minimum absolute atomic E-state index is 0.0688. The summed E-state index contributed by atoms with van der Waals surface area (Å²) >= 11 is 0. The van der Waals surface area contributed by atoms with E-state index in [2.05, 4.69) is 10.1 Å². The molecule has 0 saturated carbocycles. The number of aliphatic hydroxyl groups is 1. The number of ether oxygens (including phenoxy) is 1. The summed E-state index contributed by atoms with van der Waals surface area (Å²) in [6.07, 6.45) is -4.01. The average Bonchev–Trinajstić information content (AvgIpc) is 2.46. The lowest BCUT2D eigenvalue weighted by atomic mass is 10.1. The number of rotatable bonds is 3. The fourth-order valence-corrected chi connectivity index (χ4v) is 2.21. The number of nitrogens with one attached hydrogen (secondary N) is 1. The van der Waals surface area contributed by atoms with E-state index in [1.165, 1.54) is 4.90 Å². The lowest BCUT2D eigenvalue weighted by Crippen LogP contribution is -2.44. The Kier molecular flexibility index (Phi) is 5.30. The highest BCUT2D eigenvalue weighted by Crippen LogP contribution is 2.28. The zero-order valence-corrected chi connectivity index (χ0v) is 12.1. The zero-order valence-electron chi connectivity index (χ0n) is 12.1. The van der Waals surface area contributed by atoms with Crippen molar-refractivity contribution in [2.24, 2.45) is 0 Å². The maximum atomic E-state index is 13.2. The maximum Gasteiger partial charge on any atom is 0.422 e. The van der Waals surface area contributed by atoms with E-state index in [0.717, 1.165) is 18.2 Å². The van der Waals surface area contributed by atoms with Crippen LogP contribution in [0.5, 0.6) is 5.75 Å².